The largest absolute Gasteiger partial charge is 0.463 e. The average molecular weight is 380 g/mol. The Balaban J connectivity index is 2.46. The van der Waals surface area contributed by atoms with Crippen LogP contribution in [0, 0.1) is 0 Å². The number of hydrogen-bond acceptors (Lipinski definition) is 4. The van der Waals surface area contributed by atoms with E-state index in [1.165, 1.54) is 12.1 Å². The molecule has 1 aromatic carbocycles. The van der Waals surface area contributed by atoms with Crippen LogP contribution in [-0.4, -0.2) is 18.5 Å². The first kappa shape index (κ1) is 19.8. The molecule has 0 saturated heterocycles. The minimum atomic E-state index is -0.793. The van der Waals surface area contributed by atoms with Gasteiger partial charge in [-0.1, -0.05) is 61.0 Å². The number of hydrogen-bond donors (Lipinski definition) is 0. The van der Waals surface area contributed by atoms with E-state index in [-0.39, 0.29) is 15.8 Å². The van der Waals surface area contributed by atoms with Crippen molar-refractivity contribution in [2.24, 2.45) is 0 Å². The lowest BCUT2D eigenvalue weighted by atomic mass is 10.2. The van der Waals surface area contributed by atoms with Crippen LogP contribution in [0.25, 0.3) is 0 Å². The first-order valence-electron chi connectivity index (χ1n) is 7.15. The van der Waals surface area contributed by atoms with Crippen molar-refractivity contribution in [3.05, 3.63) is 39.4 Å². The molecule has 0 heterocycles. The van der Waals surface area contributed by atoms with Crippen LogP contribution in [0.1, 0.15) is 32.6 Å². The van der Waals surface area contributed by atoms with Gasteiger partial charge >= 0.3 is 11.9 Å². The highest BCUT2D eigenvalue weighted by molar-refractivity contribution is 6.40. The van der Waals surface area contributed by atoms with Gasteiger partial charge in [0.15, 0.2) is 5.75 Å². The van der Waals surface area contributed by atoms with Crippen LogP contribution in [0.4, 0.5) is 0 Å². The molecule has 0 spiro atoms. The molecular weight excluding hydrogens is 363 g/mol. The number of benzene rings is 1. The molecule has 0 aliphatic carbocycles. The van der Waals surface area contributed by atoms with Gasteiger partial charge in [0.05, 0.1) is 16.7 Å². The third kappa shape index (κ3) is 7.73. The third-order valence-electron chi connectivity index (χ3n) is 2.76. The summed E-state index contributed by atoms with van der Waals surface area (Å²) >= 11 is 17.5. The fourth-order valence-corrected chi connectivity index (χ4v) is 2.54. The maximum atomic E-state index is 11.7. The summed E-state index contributed by atoms with van der Waals surface area (Å²) in [5, 5.41) is 0.521. The third-order valence-corrected chi connectivity index (χ3v) is 3.54. The van der Waals surface area contributed by atoms with E-state index >= 15 is 0 Å². The summed E-state index contributed by atoms with van der Waals surface area (Å²) in [4.78, 5) is 23.1. The first-order valence-corrected chi connectivity index (χ1v) is 8.28. The van der Waals surface area contributed by atoms with Gasteiger partial charge in [-0.25, -0.2) is 9.59 Å². The Kier molecular flexibility index (Phi) is 9.07. The zero-order valence-corrected chi connectivity index (χ0v) is 14.9. The van der Waals surface area contributed by atoms with Crippen molar-refractivity contribution in [1.29, 1.82) is 0 Å². The predicted octanol–water partition coefficient (Wildman–Crippen LogP) is 5.23. The number of halogens is 3. The van der Waals surface area contributed by atoms with E-state index in [0.29, 0.717) is 11.6 Å². The Morgan fingerprint density at radius 2 is 1.61 bits per heavy atom. The first-order chi connectivity index (χ1) is 10.9. The number of rotatable bonds is 8. The smallest absolute Gasteiger partial charge is 0.336 e. The number of carbonyl (C=O) groups is 2. The molecule has 4 nitrogen and oxygen atoms in total. The lowest BCUT2D eigenvalue weighted by molar-refractivity contribution is -0.138. The second-order valence-electron chi connectivity index (χ2n) is 4.68. The molecule has 0 aliphatic rings. The van der Waals surface area contributed by atoms with Gasteiger partial charge in [0, 0.05) is 17.2 Å². The van der Waals surface area contributed by atoms with Gasteiger partial charge in [0.25, 0.3) is 0 Å². The molecular formula is C16H17Cl3O4. The summed E-state index contributed by atoms with van der Waals surface area (Å²) in [7, 11) is 0. The minimum absolute atomic E-state index is 0.0136. The van der Waals surface area contributed by atoms with Crippen molar-refractivity contribution in [2.45, 2.75) is 32.6 Å². The van der Waals surface area contributed by atoms with E-state index in [9.17, 15) is 9.59 Å². The van der Waals surface area contributed by atoms with Gasteiger partial charge in [-0.15, -0.1) is 0 Å². The fraction of sp³-hybridized carbons (Fsp3) is 0.375. The van der Waals surface area contributed by atoms with Gasteiger partial charge < -0.3 is 9.47 Å². The van der Waals surface area contributed by atoms with Gasteiger partial charge in [0.1, 0.15) is 0 Å². The van der Waals surface area contributed by atoms with E-state index in [0.717, 1.165) is 37.8 Å². The molecule has 23 heavy (non-hydrogen) atoms. The van der Waals surface area contributed by atoms with Crippen molar-refractivity contribution in [2.75, 3.05) is 6.61 Å². The topological polar surface area (TPSA) is 52.6 Å². The van der Waals surface area contributed by atoms with Crippen molar-refractivity contribution in [3.63, 3.8) is 0 Å². The van der Waals surface area contributed by atoms with Crippen LogP contribution < -0.4 is 4.74 Å². The molecule has 126 valence electrons. The number of unbranched alkanes of at least 4 members (excludes halogenated alkanes) is 3. The molecule has 1 rings (SSSR count). The van der Waals surface area contributed by atoms with Crippen LogP contribution in [-0.2, 0) is 14.3 Å². The second kappa shape index (κ2) is 10.5. The molecule has 0 N–H and O–H groups in total. The minimum Gasteiger partial charge on any atom is -0.463 e. The zero-order valence-electron chi connectivity index (χ0n) is 12.6. The normalized spacial score (nSPS) is 10.8. The fourth-order valence-electron chi connectivity index (χ4n) is 1.65. The highest BCUT2D eigenvalue weighted by atomic mass is 35.5. The molecule has 0 aromatic heterocycles. The second-order valence-corrected chi connectivity index (χ2v) is 5.93. The molecule has 0 saturated carbocycles. The molecule has 0 fully saturated rings. The summed E-state index contributed by atoms with van der Waals surface area (Å²) in [6.45, 7) is 2.42. The maximum Gasteiger partial charge on any atom is 0.336 e. The highest BCUT2D eigenvalue weighted by Crippen LogP contribution is 2.35. The Morgan fingerprint density at radius 1 is 1.00 bits per heavy atom. The number of ether oxygens (including phenoxy) is 2. The van der Waals surface area contributed by atoms with Crippen molar-refractivity contribution >= 4 is 46.7 Å². The Bertz CT molecular complexity index is 562. The van der Waals surface area contributed by atoms with E-state index in [4.69, 9.17) is 44.3 Å². The molecule has 7 heteroatoms. The molecule has 0 bridgehead atoms. The highest BCUT2D eigenvalue weighted by Gasteiger charge is 2.12. The van der Waals surface area contributed by atoms with Crippen molar-refractivity contribution in [3.8, 4) is 5.75 Å². The van der Waals surface area contributed by atoms with Crippen molar-refractivity contribution in [1.82, 2.24) is 0 Å². The number of carbonyl (C=O) groups excluding carboxylic acids is 2. The van der Waals surface area contributed by atoms with E-state index in [1.807, 2.05) is 0 Å². The predicted molar refractivity (Wildman–Crippen MR) is 91.3 cm³/mol. The summed E-state index contributed by atoms with van der Waals surface area (Å²) in [6.07, 6.45) is 5.96. The van der Waals surface area contributed by atoms with Crippen LogP contribution in [0.3, 0.4) is 0 Å². The SMILES string of the molecule is CCCCCCOC(=O)/C=C/C(=O)Oc1c(Cl)cc(Cl)cc1Cl. The van der Waals surface area contributed by atoms with Crippen LogP contribution in [0.15, 0.2) is 24.3 Å². The van der Waals surface area contributed by atoms with E-state index < -0.39 is 11.9 Å². The van der Waals surface area contributed by atoms with Gasteiger partial charge in [-0.2, -0.15) is 0 Å². The maximum absolute atomic E-state index is 11.7. The molecule has 0 amide bonds. The summed E-state index contributed by atoms with van der Waals surface area (Å²) < 4.78 is 9.93. The Labute approximate surface area is 150 Å². The standard InChI is InChI=1S/C16H17Cl3O4/c1-2-3-4-5-8-22-14(20)6-7-15(21)23-16-12(18)9-11(17)10-13(16)19/h6-7,9-10H,2-5,8H2,1H3/b7-6+. The van der Waals surface area contributed by atoms with Crippen LogP contribution >= 0.6 is 34.8 Å². The monoisotopic (exact) mass is 378 g/mol. The van der Waals surface area contributed by atoms with E-state index in [2.05, 4.69) is 6.92 Å². The Hall–Kier alpha value is -1.23. The van der Waals surface area contributed by atoms with Gasteiger partial charge in [0.2, 0.25) is 0 Å². The quantitative estimate of drug-likeness (QED) is 0.268. The van der Waals surface area contributed by atoms with E-state index in [1.54, 1.807) is 0 Å². The van der Waals surface area contributed by atoms with Crippen molar-refractivity contribution < 1.29 is 19.1 Å². The van der Waals surface area contributed by atoms with Crippen LogP contribution in [0.5, 0.6) is 5.75 Å². The molecule has 0 atom stereocenters. The lowest BCUT2D eigenvalue weighted by Gasteiger charge is -2.06. The zero-order chi connectivity index (χ0) is 17.2. The molecule has 0 radical (unpaired) electrons. The summed E-state index contributed by atoms with van der Waals surface area (Å²) in [5.41, 5.74) is 0. The number of esters is 2. The summed E-state index contributed by atoms with van der Waals surface area (Å²) in [6, 6.07) is 2.79. The molecule has 1 aromatic rings. The lowest BCUT2D eigenvalue weighted by Crippen LogP contribution is -2.08. The molecule has 0 unspecified atom stereocenters. The van der Waals surface area contributed by atoms with Gasteiger partial charge in [-0.05, 0) is 18.6 Å². The van der Waals surface area contributed by atoms with Gasteiger partial charge in [-0.3, -0.25) is 0 Å². The van der Waals surface area contributed by atoms with Crippen LogP contribution in [0.2, 0.25) is 15.1 Å². The average Bonchev–Trinajstić information content (AvgIpc) is 2.48. The Morgan fingerprint density at radius 3 is 2.22 bits per heavy atom. The molecule has 0 aliphatic heterocycles. The summed E-state index contributed by atoms with van der Waals surface area (Å²) in [5.74, 6) is -1.41.